The van der Waals surface area contributed by atoms with Gasteiger partial charge in [0.1, 0.15) is 5.75 Å². The van der Waals surface area contributed by atoms with Gasteiger partial charge in [0.05, 0.1) is 0 Å². The monoisotopic (exact) mass is 188 g/mol. The zero-order chi connectivity index (χ0) is 9.54. The number of benzene rings is 2. The number of rotatable bonds is 0. The van der Waals surface area contributed by atoms with Crippen molar-refractivity contribution in [3.8, 4) is 17.2 Å². The normalized spacial score (nSPS) is 13.4. The summed E-state index contributed by atoms with van der Waals surface area (Å²) in [6.07, 6.45) is 0. The molecule has 1 heterocycles. The summed E-state index contributed by atoms with van der Waals surface area (Å²) < 4.78 is 10.5. The summed E-state index contributed by atoms with van der Waals surface area (Å²) >= 11 is 0. The van der Waals surface area contributed by atoms with Crippen LogP contribution in [0.1, 0.15) is 0 Å². The van der Waals surface area contributed by atoms with Crippen LogP contribution in [-0.4, -0.2) is 11.9 Å². The quantitative estimate of drug-likeness (QED) is 0.689. The van der Waals surface area contributed by atoms with Gasteiger partial charge in [-0.15, -0.1) is 0 Å². The first kappa shape index (κ1) is 7.50. The molecule has 14 heavy (non-hydrogen) atoms. The van der Waals surface area contributed by atoms with Gasteiger partial charge in [0.2, 0.25) is 6.79 Å². The summed E-state index contributed by atoms with van der Waals surface area (Å²) in [6, 6.07) is 9.00. The maximum atomic E-state index is 9.31. The molecule has 2 aromatic carbocycles. The molecule has 0 radical (unpaired) electrons. The molecule has 70 valence electrons. The highest BCUT2D eigenvalue weighted by molar-refractivity contribution is 5.87. The second-order valence-corrected chi connectivity index (χ2v) is 3.24. The largest absolute Gasteiger partial charge is 0.508 e. The summed E-state index contributed by atoms with van der Waals surface area (Å²) in [4.78, 5) is 0. The van der Waals surface area contributed by atoms with Gasteiger partial charge in [-0.05, 0) is 35.0 Å². The molecule has 0 saturated carbocycles. The van der Waals surface area contributed by atoms with Crippen LogP contribution in [0.5, 0.6) is 17.2 Å². The SMILES string of the molecule is Oc1ccc2cc3c(cc2c1)OCO3. The summed E-state index contributed by atoms with van der Waals surface area (Å²) in [5.41, 5.74) is 0. The van der Waals surface area contributed by atoms with Crippen molar-refractivity contribution in [2.24, 2.45) is 0 Å². The van der Waals surface area contributed by atoms with Crippen LogP contribution in [0.25, 0.3) is 10.8 Å². The molecule has 0 saturated heterocycles. The molecule has 0 amide bonds. The van der Waals surface area contributed by atoms with Crippen LogP contribution in [0.2, 0.25) is 0 Å². The maximum Gasteiger partial charge on any atom is 0.231 e. The fourth-order valence-corrected chi connectivity index (χ4v) is 1.63. The van der Waals surface area contributed by atoms with Crippen molar-refractivity contribution in [2.75, 3.05) is 6.79 Å². The fraction of sp³-hybridized carbons (Fsp3) is 0.0909. The van der Waals surface area contributed by atoms with E-state index in [-0.39, 0.29) is 12.5 Å². The van der Waals surface area contributed by atoms with Gasteiger partial charge in [-0.1, -0.05) is 6.07 Å². The highest BCUT2D eigenvalue weighted by Gasteiger charge is 2.13. The lowest BCUT2D eigenvalue weighted by Crippen LogP contribution is -1.92. The Bertz CT molecular complexity index is 505. The van der Waals surface area contributed by atoms with E-state index in [2.05, 4.69) is 0 Å². The molecule has 0 spiro atoms. The Labute approximate surface area is 80.5 Å². The Morgan fingerprint density at radius 3 is 2.43 bits per heavy atom. The van der Waals surface area contributed by atoms with Gasteiger partial charge < -0.3 is 14.6 Å². The lowest BCUT2D eigenvalue weighted by atomic mass is 10.1. The first-order valence-corrected chi connectivity index (χ1v) is 4.35. The molecule has 0 bridgehead atoms. The van der Waals surface area contributed by atoms with Crippen LogP contribution in [0.15, 0.2) is 30.3 Å². The third-order valence-corrected chi connectivity index (χ3v) is 2.32. The summed E-state index contributed by atoms with van der Waals surface area (Å²) in [7, 11) is 0. The summed E-state index contributed by atoms with van der Waals surface area (Å²) in [5, 5.41) is 11.3. The molecular formula is C11H8O3. The standard InChI is InChI=1S/C11H8O3/c12-9-2-1-7-4-10-11(14-6-13-10)5-8(7)3-9/h1-5,12H,6H2. The van der Waals surface area contributed by atoms with Crippen molar-refractivity contribution < 1.29 is 14.6 Å². The predicted octanol–water partition coefficient (Wildman–Crippen LogP) is 2.27. The van der Waals surface area contributed by atoms with E-state index in [1.54, 1.807) is 12.1 Å². The van der Waals surface area contributed by atoms with Crippen LogP contribution in [0.3, 0.4) is 0 Å². The lowest BCUT2D eigenvalue weighted by molar-refractivity contribution is 0.174. The van der Waals surface area contributed by atoms with Gasteiger partial charge in [0.15, 0.2) is 11.5 Å². The van der Waals surface area contributed by atoms with Crippen LogP contribution >= 0.6 is 0 Å². The topological polar surface area (TPSA) is 38.7 Å². The Hall–Kier alpha value is -1.90. The molecule has 1 aliphatic heterocycles. The van der Waals surface area contributed by atoms with Crippen LogP contribution in [-0.2, 0) is 0 Å². The fourth-order valence-electron chi connectivity index (χ4n) is 1.63. The molecule has 0 atom stereocenters. The molecule has 3 rings (SSSR count). The number of phenols is 1. The van der Waals surface area contributed by atoms with Crippen LogP contribution < -0.4 is 9.47 Å². The molecule has 3 nitrogen and oxygen atoms in total. The molecule has 0 aliphatic carbocycles. The average Bonchev–Trinajstić information content (AvgIpc) is 2.61. The number of phenolic OH excluding ortho intramolecular Hbond substituents is 1. The van der Waals surface area contributed by atoms with E-state index in [0.717, 1.165) is 22.3 Å². The van der Waals surface area contributed by atoms with E-state index in [0.29, 0.717) is 0 Å². The number of fused-ring (bicyclic) bond motifs is 2. The van der Waals surface area contributed by atoms with E-state index in [4.69, 9.17) is 9.47 Å². The summed E-state index contributed by atoms with van der Waals surface area (Å²) in [5.74, 6) is 1.77. The predicted molar refractivity (Wildman–Crippen MR) is 51.7 cm³/mol. The third-order valence-electron chi connectivity index (χ3n) is 2.32. The van der Waals surface area contributed by atoms with E-state index < -0.39 is 0 Å². The highest BCUT2D eigenvalue weighted by Crippen LogP contribution is 2.36. The van der Waals surface area contributed by atoms with Crippen molar-refractivity contribution in [1.29, 1.82) is 0 Å². The Kier molecular flexibility index (Phi) is 1.36. The number of aromatic hydroxyl groups is 1. The molecule has 0 aromatic heterocycles. The first-order chi connectivity index (χ1) is 6.83. The lowest BCUT2D eigenvalue weighted by Gasteiger charge is -2.01. The zero-order valence-electron chi connectivity index (χ0n) is 7.36. The van der Waals surface area contributed by atoms with Crippen molar-refractivity contribution in [2.45, 2.75) is 0 Å². The number of hydrogen-bond donors (Lipinski definition) is 1. The Morgan fingerprint density at radius 2 is 1.64 bits per heavy atom. The van der Waals surface area contributed by atoms with Gasteiger partial charge in [0, 0.05) is 0 Å². The number of hydrogen-bond acceptors (Lipinski definition) is 3. The van der Waals surface area contributed by atoms with Gasteiger partial charge in [-0.3, -0.25) is 0 Å². The van der Waals surface area contributed by atoms with Crippen LogP contribution in [0, 0.1) is 0 Å². The molecule has 0 unspecified atom stereocenters. The highest BCUT2D eigenvalue weighted by atomic mass is 16.7. The average molecular weight is 188 g/mol. The maximum absolute atomic E-state index is 9.31. The second kappa shape index (κ2) is 2.54. The molecule has 2 aromatic rings. The van der Waals surface area contributed by atoms with E-state index in [1.165, 1.54) is 0 Å². The molecular weight excluding hydrogens is 180 g/mol. The van der Waals surface area contributed by atoms with Crippen molar-refractivity contribution in [1.82, 2.24) is 0 Å². The second-order valence-electron chi connectivity index (χ2n) is 3.24. The minimum atomic E-state index is 0.261. The molecule has 0 fully saturated rings. The zero-order valence-corrected chi connectivity index (χ0v) is 7.36. The van der Waals surface area contributed by atoms with Crippen molar-refractivity contribution >= 4 is 10.8 Å². The minimum Gasteiger partial charge on any atom is -0.508 e. The Balaban J connectivity index is 2.33. The first-order valence-electron chi connectivity index (χ1n) is 4.35. The van der Waals surface area contributed by atoms with Gasteiger partial charge in [0.25, 0.3) is 0 Å². The van der Waals surface area contributed by atoms with Gasteiger partial charge in [-0.25, -0.2) is 0 Å². The minimum absolute atomic E-state index is 0.261. The van der Waals surface area contributed by atoms with E-state index >= 15 is 0 Å². The van der Waals surface area contributed by atoms with Crippen LogP contribution in [0.4, 0.5) is 0 Å². The molecule has 3 heteroatoms. The molecule has 1 aliphatic rings. The van der Waals surface area contributed by atoms with Gasteiger partial charge in [-0.2, -0.15) is 0 Å². The molecule has 1 N–H and O–H groups in total. The Morgan fingerprint density at radius 1 is 0.929 bits per heavy atom. The number of ether oxygens (including phenoxy) is 2. The van der Waals surface area contributed by atoms with Gasteiger partial charge >= 0.3 is 0 Å². The van der Waals surface area contributed by atoms with Crippen molar-refractivity contribution in [3.63, 3.8) is 0 Å². The smallest absolute Gasteiger partial charge is 0.231 e. The summed E-state index contributed by atoms with van der Waals surface area (Å²) in [6.45, 7) is 0.275. The third kappa shape index (κ3) is 0.988. The van der Waals surface area contributed by atoms with E-state index in [1.807, 2.05) is 18.2 Å². The van der Waals surface area contributed by atoms with E-state index in [9.17, 15) is 5.11 Å². The van der Waals surface area contributed by atoms with Crippen molar-refractivity contribution in [3.05, 3.63) is 30.3 Å².